The summed E-state index contributed by atoms with van der Waals surface area (Å²) in [5, 5.41) is 0. The van der Waals surface area contributed by atoms with Crippen LogP contribution in [-0.2, 0) is 0 Å². The topological polar surface area (TPSA) is 20.3 Å². The predicted octanol–water partition coefficient (Wildman–Crippen LogP) is 3.68. The average molecular weight is 245 g/mol. The van der Waals surface area contributed by atoms with E-state index < -0.39 is 0 Å². The molecule has 0 radical (unpaired) electrons. The van der Waals surface area contributed by atoms with Crippen molar-refractivity contribution in [3.05, 3.63) is 35.4 Å². The smallest absolute Gasteiger partial charge is 0.254 e. The van der Waals surface area contributed by atoms with E-state index in [-0.39, 0.29) is 5.91 Å². The Hall–Kier alpha value is -1.31. The van der Waals surface area contributed by atoms with Crippen LogP contribution in [-0.4, -0.2) is 23.9 Å². The Bertz CT molecular complexity index is 417. The molecule has 1 fully saturated rings. The molecule has 0 unspecified atom stereocenters. The lowest BCUT2D eigenvalue weighted by molar-refractivity contribution is 0.0695. The normalized spacial score (nSPS) is 17.2. The molecule has 2 heteroatoms. The van der Waals surface area contributed by atoms with E-state index in [4.69, 9.17) is 0 Å². The SMILES string of the molecule is CC1CCN(C(=O)c2ccccc2C(C)C)CC1. The van der Waals surface area contributed by atoms with Gasteiger partial charge in [0.15, 0.2) is 0 Å². The molecule has 0 aliphatic carbocycles. The van der Waals surface area contributed by atoms with Crippen molar-refractivity contribution in [3.63, 3.8) is 0 Å². The zero-order valence-corrected chi connectivity index (χ0v) is 11.6. The second-order valence-electron chi connectivity index (χ2n) is 5.72. The number of amides is 1. The van der Waals surface area contributed by atoms with E-state index in [1.54, 1.807) is 0 Å². The van der Waals surface area contributed by atoms with E-state index in [1.807, 2.05) is 23.1 Å². The van der Waals surface area contributed by atoms with Crippen molar-refractivity contribution in [2.75, 3.05) is 13.1 Å². The molecule has 1 saturated heterocycles. The Kier molecular flexibility index (Phi) is 4.05. The van der Waals surface area contributed by atoms with Crippen molar-refractivity contribution in [3.8, 4) is 0 Å². The molecular weight excluding hydrogens is 222 g/mol. The van der Waals surface area contributed by atoms with Crippen molar-refractivity contribution < 1.29 is 4.79 Å². The molecule has 98 valence electrons. The van der Waals surface area contributed by atoms with E-state index in [2.05, 4.69) is 26.8 Å². The fraction of sp³-hybridized carbons (Fsp3) is 0.562. The van der Waals surface area contributed by atoms with Gasteiger partial charge >= 0.3 is 0 Å². The monoisotopic (exact) mass is 245 g/mol. The summed E-state index contributed by atoms with van der Waals surface area (Å²) in [6.07, 6.45) is 2.27. The molecule has 0 aromatic heterocycles. The van der Waals surface area contributed by atoms with Gasteiger partial charge in [0.05, 0.1) is 0 Å². The molecule has 2 rings (SSSR count). The van der Waals surface area contributed by atoms with Crippen LogP contribution in [0.1, 0.15) is 55.5 Å². The molecule has 0 bridgehead atoms. The van der Waals surface area contributed by atoms with E-state index in [1.165, 1.54) is 5.56 Å². The maximum absolute atomic E-state index is 12.6. The molecular formula is C16H23NO. The fourth-order valence-electron chi connectivity index (χ4n) is 2.58. The van der Waals surface area contributed by atoms with Crippen molar-refractivity contribution in [2.24, 2.45) is 5.92 Å². The largest absolute Gasteiger partial charge is 0.339 e. The van der Waals surface area contributed by atoms with Crippen LogP contribution in [0.3, 0.4) is 0 Å². The Morgan fingerprint density at radius 2 is 1.83 bits per heavy atom. The van der Waals surface area contributed by atoms with Gasteiger partial charge in [-0.3, -0.25) is 4.79 Å². The minimum Gasteiger partial charge on any atom is -0.339 e. The van der Waals surface area contributed by atoms with Gasteiger partial charge in [-0.25, -0.2) is 0 Å². The lowest BCUT2D eigenvalue weighted by Crippen LogP contribution is -2.38. The highest BCUT2D eigenvalue weighted by molar-refractivity contribution is 5.96. The number of hydrogen-bond donors (Lipinski definition) is 0. The lowest BCUT2D eigenvalue weighted by Gasteiger charge is -2.31. The third kappa shape index (κ3) is 2.74. The number of hydrogen-bond acceptors (Lipinski definition) is 1. The molecule has 2 nitrogen and oxygen atoms in total. The van der Waals surface area contributed by atoms with Gasteiger partial charge in [0.2, 0.25) is 0 Å². The fourth-order valence-corrected chi connectivity index (χ4v) is 2.58. The van der Waals surface area contributed by atoms with Crippen LogP contribution in [0.25, 0.3) is 0 Å². The minimum atomic E-state index is 0.214. The Labute approximate surface area is 110 Å². The molecule has 1 aliphatic heterocycles. The Morgan fingerprint density at radius 3 is 2.44 bits per heavy atom. The molecule has 0 spiro atoms. The quantitative estimate of drug-likeness (QED) is 0.778. The molecule has 1 aliphatic rings. The van der Waals surface area contributed by atoms with Crippen molar-refractivity contribution >= 4 is 5.91 Å². The summed E-state index contributed by atoms with van der Waals surface area (Å²) in [6, 6.07) is 8.02. The van der Waals surface area contributed by atoms with Crippen LogP contribution in [0.2, 0.25) is 0 Å². The van der Waals surface area contributed by atoms with E-state index in [0.29, 0.717) is 5.92 Å². The van der Waals surface area contributed by atoms with Crippen LogP contribution in [0.15, 0.2) is 24.3 Å². The first-order chi connectivity index (χ1) is 8.59. The van der Waals surface area contributed by atoms with E-state index in [0.717, 1.165) is 37.4 Å². The van der Waals surface area contributed by atoms with Crippen molar-refractivity contribution in [2.45, 2.75) is 39.5 Å². The zero-order valence-electron chi connectivity index (χ0n) is 11.6. The molecule has 0 atom stereocenters. The van der Waals surface area contributed by atoms with Crippen molar-refractivity contribution in [1.29, 1.82) is 0 Å². The molecule has 18 heavy (non-hydrogen) atoms. The maximum atomic E-state index is 12.6. The summed E-state index contributed by atoms with van der Waals surface area (Å²) >= 11 is 0. The van der Waals surface area contributed by atoms with E-state index in [9.17, 15) is 4.79 Å². The van der Waals surface area contributed by atoms with Gasteiger partial charge in [0, 0.05) is 18.7 Å². The van der Waals surface area contributed by atoms with Gasteiger partial charge in [0.1, 0.15) is 0 Å². The maximum Gasteiger partial charge on any atom is 0.254 e. The molecule has 1 heterocycles. The molecule has 1 aromatic carbocycles. The van der Waals surface area contributed by atoms with Crippen LogP contribution < -0.4 is 0 Å². The molecule has 1 aromatic rings. The number of carbonyl (C=O) groups is 1. The lowest BCUT2D eigenvalue weighted by atomic mass is 9.94. The minimum absolute atomic E-state index is 0.214. The first-order valence-electron chi connectivity index (χ1n) is 6.97. The predicted molar refractivity (Wildman–Crippen MR) is 74.8 cm³/mol. The van der Waals surface area contributed by atoms with Gasteiger partial charge in [-0.05, 0) is 36.3 Å². The third-order valence-corrected chi connectivity index (χ3v) is 3.88. The van der Waals surface area contributed by atoms with Crippen LogP contribution in [0.5, 0.6) is 0 Å². The number of benzene rings is 1. The molecule has 0 N–H and O–H groups in total. The number of likely N-dealkylation sites (tertiary alicyclic amines) is 1. The Morgan fingerprint density at radius 1 is 1.22 bits per heavy atom. The Balaban J connectivity index is 2.18. The third-order valence-electron chi connectivity index (χ3n) is 3.88. The molecule has 1 amide bonds. The highest BCUT2D eigenvalue weighted by Gasteiger charge is 2.23. The summed E-state index contributed by atoms with van der Waals surface area (Å²) in [4.78, 5) is 14.6. The zero-order chi connectivity index (χ0) is 13.1. The average Bonchev–Trinajstić information content (AvgIpc) is 2.39. The van der Waals surface area contributed by atoms with E-state index >= 15 is 0 Å². The van der Waals surface area contributed by atoms with Crippen LogP contribution in [0.4, 0.5) is 0 Å². The van der Waals surface area contributed by atoms with Crippen LogP contribution >= 0.6 is 0 Å². The summed E-state index contributed by atoms with van der Waals surface area (Å²) < 4.78 is 0. The van der Waals surface area contributed by atoms with Gasteiger partial charge < -0.3 is 4.90 Å². The number of rotatable bonds is 2. The second kappa shape index (κ2) is 5.55. The van der Waals surface area contributed by atoms with Crippen molar-refractivity contribution in [1.82, 2.24) is 4.90 Å². The molecule has 0 saturated carbocycles. The van der Waals surface area contributed by atoms with Gasteiger partial charge in [0.25, 0.3) is 5.91 Å². The first kappa shape index (κ1) is 13.1. The highest BCUT2D eigenvalue weighted by atomic mass is 16.2. The van der Waals surface area contributed by atoms with Gasteiger partial charge in [-0.2, -0.15) is 0 Å². The summed E-state index contributed by atoms with van der Waals surface area (Å²) in [5.41, 5.74) is 2.06. The van der Waals surface area contributed by atoms with Gasteiger partial charge in [-0.1, -0.05) is 39.0 Å². The summed E-state index contributed by atoms with van der Waals surface area (Å²) in [6.45, 7) is 8.37. The number of piperidine rings is 1. The standard InChI is InChI=1S/C16H23NO/c1-12(2)14-6-4-5-7-15(14)16(18)17-10-8-13(3)9-11-17/h4-7,12-13H,8-11H2,1-3H3. The summed E-state index contributed by atoms with van der Waals surface area (Å²) in [5.74, 6) is 1.37. The highest BCUT2D eigenvalue weighted by Crippen LogP contribution is 2.23. The second-order valence-corrected chi connectivity index (χ2v) is 5.72. The first-order valence-corrected chi connectivity index (χ1v) is 6.97. The van der Waals surface area contributed by atoms with Crippen LogP contribution in [0, 0.1) is 5.92 Å². The number of nitrogens with zero attached hydrogens (tertiary/aromatic N) is 1. The van der Waals surface area contributed by atoms with Gasteiger partial charge in [-0.15, -0.1) is 0 Å². The summed E-state index contributed by atoms with van der Waals surface area (Å²) in [7, 11) is 0. The number of carbonyl (C=O) groups excluding carboxylic acids is 1.